The smallest absolute Gasteiger partial charge is 0.259 e. The second kappa shape index (κ2) is 11.4. The number of pyridine rings is 2. The Hall–Kier alpha value is -2.06. The summed E-state index contributed by atoms with van der Waals surface area (Å²) < 4.78 is 2.80. The normalized spacial score (nSPS) is 21.0. The molecule has 33 heavy (non-hydrogen) atoms. The molecule has 2 unspecified atom stereocenters. The summed E-state index contributed by atoms with van der Waals surface area (Å²) in [5.74, 6) is 2.18. The van der Waals surface area contributed by atoms with E-state index in [1.807, 2.05) is 32.4 Å². The highest BCUT2D eigenvalue weighted by molar-refractivity contribution is 7.19. The zero-order valence-corrected chi connectivity index (χ0v) is 21.2. The standard InChI is InChI=1S/C24H31N3OS.C2H6O2/c1-15-9-10-25-12-16(2)20(15)8-7-19-11-21-23(29-19)22(14-27(4)24(21)28)18-6-5-17(3)26-13-18;1-2(3)4/h5-6,11,13-16,20,25H,7-10,12H2,1-4H3;2-4H,1H3/t15?,16-,20?;/m0./s1. The van der Waals surface area contributed by atoms with Crippen molar-refractivity contribution in [1.82, 2.24) is 14.9 Å². The Morgan fingerprint density at radius 3 is 2.67 bits per heavy atom. The number of nitrogens with zero attached hydrogens (tertiary/aromatic N) is 2. The monoisotopic (exact) mass is 471 g/mol. The van der Waals surface area contributed by atoms with Crippen molar-refractivity contribution in [3.63, 3.8) is 0 Å². The molecule has 4 heterocycles. The van der Waals surface area contributed by atoms with Crippen molar-refractivity contribution in [3.8, 4) is 11.1 Å². The molecule has 6 nitrogen and oxygen atoms in total. The molecule has 0 radical (unpaired) electrons. The summed E-state index contributed by atoms with van der Waals surface area (Å²) in [4.78, 5) is 18.6. The number of aliphatic hydroxyl groups is 2. The van der Waals surface area contributed by atoms with Crippen LogP contribution in [0.25, 0.3) is 21.2 Å². The fourth-order valence-electron chi connectivity index (χ4n) is 4.72. The van der Waals surface area contributed by atoms with Gasteiger partial charge in [0.05, 0.1) is 5.39 Å². The molecule has 3 aromatic rings. The molecule has 0 aliphatic carbocycles. The molecule has 0 bridgehead atoms. The first kappa shape index (κ1) is 25.6. The zero-order valence-electron chi connectivity index (χ0n) is 20.3. The summed E-state index contributed by atoms with van der Waals surface area (Å²) in [6, 6.07) is 6.27. The summed E-state index contributed by atoms with van der Waals surface area (Å²) in [5, 5.41) is 19.6. The molecule has 0 amide bonds. The second-order valence-corrected chi connectivity index (χ2v) is 10.5. The van der Waals surface area contributed by atoms with Crippen molar-refractivity contribution in [2.24, 2.45) is 24.8 Å². The Kier molecular flexibility index (Phi) is 8.82. The van der Waals surface area contributed by atoms with Gasteiger partial charge in [-0.1, -0.05) is 19.9 Å². The molecule has 4 rings (SSSR count). The number of aromatic nitrogens is 2. The molecule has 3 N–H and O–H groups in total. The quantitative estimate of drug-likeness (QED) is 0.499. The molecule has 1 fully saturated rings. The van der Waals surface area contributed by atoms with Gasteiger partial charge in [-0.25, -0.2) is 0 Å². The molecule has 0 saturated carbocycles. The van der Waals surface area contributed by atoms with E-state index in [-0.39, 0.29) is 5.56 Å². The van der Waals surface area contributed by atoms with Crippen LogP contribution in [0.1, 0.15) is 44.2 Å². The maximum absolute atomic E-state index is 12.8. The van der Waals surface area contributed by atoms with E-state index in [2.05, 4.69) is 36.3 Å². The van der Waals surface area contributed by atoms with Crippen molar-refractivity contribution in [1.29, 1.82) is 0 Å². The summed E-state index contributed by atoms with van der Waals surface area (Å²) in [6.45, 7) is 10.3. The van der Waals surface area contributed by atoms with Crippen LogP contribution in [0.5, 0.6) is 0 Å². The van der Waals surface area contributed by atoms with Crippen LogP contribution in [0.15, 0.2) is 35.4 Å². The number of aliphatic hydroxyl groups excluding tert-OH is 1. The highest BCUT2D eigenvalue weighted by Gasteiger charge is 2.26. The number of thiophene rings is 1. The largest absolute Gasteiger partial charge is 0.368 e. The lowest BCUT2D eigenvalue weighted by Gasteiger charge is -2.26. The Balaban J connectivity index is 0.000000709. The molecule has 1 aliphatic heterocycles. The van der Waals surface area contributed by atoms with Gasteiger partial charge in [0.15, 0.2) is 0 Å². The molecule has 0 aromatic carbocycles. The van der Waals surface area contributed by atoms with Gasteiger partial charge in [-0.3, -0.25) is 9.78 Å². The van der Waals surface area contributed by atoms with E-state index < -0.39 is 6.29 Å². The van der Waals surface area contributed by atoms with Crippen LogP contribution in [0.2, 0.25) is 0 Å². The van der Waals surface area contributed by atoms with E-state index in [0.29, 0.717) is 5.92 Å². The Bertz CT molecular complexity index is 1090. The number of hydrogen-bond donors (Lipinski definition) is 3. The number of fused-ring (bicyclic) bond motifs is 1. The second-order valence-electron chi connectivity index (χ2n) is 9.38. The van der Waals surface area contributed by atoms with Crippen molar-refractivity contribution in [2.45, 2.75) is 53.2 Å². The van der Waals surface area contributed by atoms with E-state index in [1.54, 1.807) is 15.9 Å². The SMILES string of the molecule is CC(O)O.Cc1ccc(-c2cn(C)c(=O)c3cc(CCC4C(C)CCNC[C@@H]4C)sc23)cn1. The van der Waals surface area contributed by atoms with Gasteiger partial charge in [-0.15, -0.1) is 11.3 Å². The van der Waals surface area contributed by atoms with Crippen LogP contribution >= 0.6 is 11.3 Å². The van der Waals surface area contributed by atoms with Gasteiger partial charge < -0.3 is 20.1 Å². The fourth-order valence-corrected chi connectivity index (χ4v) is 5.92. The lowest BCUT2D eigenvalue weighted by atomic mass is 9.79. The molecular formula is C26H37N3O3S. The molecule has 180 valence electrons. The van der Waals surface area contributed by atoms with Crippen LogP contribution in [-0.2, 0) is 13.5 Å². The lowest BCUT2D eigenvalue weighted by molar-refractivity contribution is -0.0228. The number of nitrogens with one attached hydrogen (secondary N) is 1. The average molecular weight is 472 g/mol. The Labute approximate surface area is 200 Å². The number of aryl methyl sites for hydroxylation is 3. The fraction of sp³-hybridized carbons (Fsp3) is 0.538. The van der Waals surface area contributed by atoms with Crippen molar-refractivity contribution in [2.75, 3.05) is 13.1 Å². The van der Waals surface area contributed by atoms with Gasteiger partial charge in [0.2, 0.25) is 0 Å². The first-order valence-electron chi connectivity index (χ1n) is 11.8. The van der Waals surface area contributed by atoms with Crippen LogP contribution in [0.4, 0.5) is 0 Å². The van der Waals surface area contributed by atoms with Gasteiger partial charge >= 0.3 is 0 Å². The van der Waals surface area contributed by atoms with Crippen molar-refractivity contribution >= 4 is 21.4 Å². The predicted octanol–water partition coefficient (Wildman–Crippen LogP) is 4.10. The minimum absolute atomic E-state index is 0.0896. The molecular weight excluding hydrogens is 434 g/mol. The zero-order chi connectivity index (χ0) is 24.1. The maximum Gasteiger partial charge on any atom is 0.259 e. The Morgan fingerprint density at radius 1 is 1.27 bits per heavy atom. The van der Waals surface area contributed by atoms with E-state index >= 15 is 0 Å². The highest BCUT2D eigenvalue weighted by Crippen LogP contribution is 2.35. The summed E-state index contributed by atoms with van der Waals surface area (Å²) in [7, 11) is 1.84. The van der Waals surface area contributed by atoms with Gasteiger partial charge in [-0.2, -0.15) is 0 Å². The van der Waals surface area contributed by atoms with E-state index in [9.17, 15) is 4.79 Å². The summed E-state index contributed by atoms with van der Waals surface area (Å²) >= 11 is 1.79. The van der Waals surface area contributed by atoms with E-state index in [4.69, 9.17) is 10.2 Å². The number of rotatable bonds is 4. The number of hydrogen-bond acceptors (Lipinski definition) is 6. The third-order valence-corrected chi connectivity index (χ3v) is 7.78. The topological polar surface area (TPSA) is 87.4 Å². The van der Waals surface area contributed by atoms with Crippen LogP contribution in [0.3, 0.4) is 0 Å². The molecule has 1 aliphatic rings. The minimum Gasteiger partial charge on any atom is -0.368 e. The Morgan fingerprint density at radius 2 is 2.00 bits per heavy atom. The molecule has 1 saturated heterocycles. The molecule has 7 heteroatoms. The third kappa shape index (κ3) is 6.51. The molecule has 3 atom stereocenters. The lowest BCUT2D eigenvalue weighted by Crippen LogP contribution is -2.24. The van der Waals surface area contributed by atoms with Gasteiger partial charge in [0.1, 0.15) is 6.29 Å². The van der Waals surface area contributed by atoms with Gasteiger partial charge in [0, 0.05) is 45.8 Å². The van der Waals surface area contributed by atoms with Gasteiger partial charge in [0.25, 0.3) is 5.56 Å². The van der Waals surface area contributed by atoms with Crippen molar-refractivity contribution in [3.05, 3.63) is 51.5 Å². The molecule has 3 aromatic heterocycles. The van der Waals surface area contributed by atoms with Crippen LogP contribution < -0.4 is 10.9 Å². The van der Waals surface area contributed by atoms with Crippen molar-refractivity contribution < 1.29 is 10.2 Å². The van der Waals surface area contributed by atoms with Crippen LogP contribution in [0, 0.1) is 24.7 Å². The summed E-state index contributed by atoms with van der Waals surface area (Å²) in [6.07, 6.45) is 6.20. The first-order valence-corrected chi connectivity index (χ1v) is 12.6. The first-order chi connectivity index (χ1) is 15.7. The minimum atomic E-state index is -1.17. The third-order valence-electron chi connectivity index (χ3n) is 6.55. The van der Waals surface area contributed by atoms with Gasteiger partial charge in [-0.05, 0) is 76.1 Å². The average Bonchev–Trinajstić information content (AvgIpc) is 3.11. The highest BCUT2D eigenvalue weighted by atomic mass is 32.1. The van der Waals surface area contributed by atoms with E-state index in [0.717, 1.165) is 58.3 Å². The molecule has 0 spiro atoms. The maximum atomic E-state index is 12.8. The predicted molar refractivity (Wildman–Crippen MR) is 137 cm³/mol. The van der Waals surface area contributed by atoms with E-state index in [1.165, 1.54) is 24.6 Å². The van der Waals surface area contributed by atoms with Crippen LogP contribution in [-0.4, -0.2) is 39.1 Å². The summed E-state index contributed by atoms with van der Waals surface area (Å²) in [5.41, 5.74) is 3.27.